The summed E-state index contributed by atoms with van der Waals surface area (Å²) < 4.78 is 0. The van der Waals surface area contributed by atoms with Crippen molar-refractivity contribution in [3.05, 3.63) is 29.8 Å². The molecule has 1 aromatic rings. The van der Waals surface area contributed by atoms with Gasteiger partial charge >= 0.3 is 0 Å². The number of benzene rings is 1. The number of para-hydroxylation sites is 1. The predicted octanol–water partition coefficient (Wildman–Crippen LogP) is 3.52. The van der Waals surface area contributed by atoms with Gasteiger partial charge in [0.15, 0.2) is 0 Å². The first kappa shape index (κ1) is 19.8. The Bertz CT molecular complexity index is 705. The van der Waals surface area contributed by atoms with E-state index in [4.69, 9.17) is 11.5 Å². The Kier molecular flexibility index (Phi) is 5.35. The molecular formula is C24H39N5. The minimum absolute atomic E-state index is 0.413. The number of nitrogens with zero attached hydrogens (tertiary/aromatic N) is 1. The quantitative estimate of drug-likeness (QED) is 0.611. The highest BCUT2D eigenvalue weighted by Crippen LogP contribution is 2.45. The lowest BCUT2D eigenvalue weighted by Crippen LogP contribution is -2.74. The van der Waals surface area contributed by atoms with E-state index in [-0.39, 0.29) is 0 Å². The van der Waals surface area contributed by atoms with Gasteiger partial charge in [0.05, 0.1) is 5.66 Å². The zero-order chi connectivity index (χ0) is 19.9. The third-order valence-electron chi connectivity index (χ3n) is 7.94. The van der Waals surface area contributed by atoms with E-state index >= 15 is 0 Å². The third-order valence-corrected chi connectivity index (χ3v) is 7.94. The van der Waals surface area contributed by atoms with Crippen LogP contribution < -0.4 is 22.1 Å². The zero-order valence-corrected chi connectivity index (χ0v) is 17.8. The van der Waals surface area contributed by atoms with Crippen molar-refractivity contribution in [3.63, 3.8) is 0 Å². The van der Waals surface area contributed by atoms with Crippen LogP contribution in [0.5, 0.6) is 0 Å². The summed E-state index contributed by atoms with van der Waals surface area (Å²) in [5.41, 5.74) is 15.8. The maximum Gasteiger partial charge on any atom is 0.145 e. The van der Waals surface area contributed by atoms with E-state index in [0.717, 1.165) is 23.9 Å². The maximum atomic E-state index is 7.04. The molecule has 0 spiro atoms. The number of fused-ring (bicyclic) bond motifs is 1. The van der Waals surface area contributed by atoms with E-state index in [2.05, 4.69) is 39.8 Å². The molecule has 2 saturated carbocycles. The lowest BCUT2D eigenvalue weighted by Gasteiger charge is -2.52. The topological polar surface area (TPSA) is 79.3 Å². The minimum atomic E-state index is -0.617. The van der Waals surface area contributed by atoms with Crippen molar-refractivity contribution in [2.24, 2.45) is 29.2 Å². The van der Waals surface area contributed by atoms with Crippen LogP contribution in [0.25, 0.3) is 0 Å². The number of likely N-dealkylation sites (tertiary alicyclic amines) is 1. The second kappa shape index (κ2) is 7.84. The van der Waals surface area contributed by atoms with Gasteiger partial charge in [0.25, 0.3) is 0 Å². The molecule has 29 heavy (non-hydrogen) atoms. The Labute approximate surface area is 176 Å². The van der Waals surface area contributed by atoms with Crippen molar-refractivity contribution >= 4 is 5.69 Å². The molecule has 0 bridgehead atoms. The Morgan fingerprint density at radius 2 is 1.59 bits per heavy atom. The molecular weight excluding hydrogens is 358 g/mol. The van der Waals surface area contributed by atoms with Crippen LogP contribution in [0.4, 0.5) is 5.69 Å². The summed E-state index contributed by atoms with van der Waals surface area (Å²) >= 11 is 0. The third kappa shape index (κ3) is 4.20. The average molecular weight is 398 g/mol. The molecule has 2 aliphatic carbocycles. The summed E-state index contributed by atoms with van der Waals surface area (Å²) in [6.07, 6.45) is 12.7. The van der Waals surface area contributed by atoms with Crippen LogP contribution in [0.2, 0.25) is 0 Å². The fourth-order valence-electron chi connectivity index (χ4n) is 6.12. The highest BCUT2D eigenvalue weighted by atomic mass is 15.4. The molecule has 0 radical (unpaired) electrons. The molecule has 5 heteroatoms. The molecule has 5 rings (SSSR count). The van der Waals surface area contributed by atoms with Crippen molar-refractivity contribution in [1.82, 2.24) is 10.2 Å². The van der Waals surface area contributed by atoms with E-state index < -0.39 is 11.4 Å². The molecule has 3 fully saturated rings. The fraction of sp³-hybridized carbons (Fsp3) is 0.750. The normalized spacial score (nSPS) is 38.3. The van der Waals surface area contributed by atoms with E-state index in [0.29, 0.717) is 5.92 Å². The molecule has 2 heterocycles. The fourth-order valence-corrected chi connectivity index (χ4v) is 6.12. The number of nitrogens with one attached hydrogen (secondary N) is 2. The summed E-state index contributed by atoms with van der Waals surface area (Å²) in [5, 5.41) is 7.40. The van der Waals surface area contributed by atoms with Gasteiger partial charge in [-0.2, -0.15) is 0 Å². The summed E-state index contributed by atoms with van der Waals surface area (Å²) in [7, 11) is 0. The lowest BCUT2D eigenvalue weighted by molar-refractivity contribution is 0.0901. The first-order chi connectivity index (χ1) is 14.0. The SMILES string of the molecule is N[C@]1(C2CCC(CN3CCCCC3)CC2)Nc2ccccc2[C@](N)(CC2CC2)N1. The van der Waals surface area contributed by atoms with E-state index in [1.165, 1.54) is 83.0 Å². The maximum absolute atomic E-state index is 7.04. The van der Waals surface area contributed by atoms with E-state index in [1.807, 2.05) is 0 Å². The summed E-state index contributed by atoms with van der Waals surface area (Å²) in [4.78, 5) is 2.70. The number of anilines is 1. The molecule has 2 atom stereocenters. The Morgan fingerprint density at radius 3 is 2.31 bits per heavy atom. The van der Waals surface area contributed by atoms with Crippen LogP contribution in [0.1, 0.15) is 69.8 Å². The first-order valence-corrected chi connectivity index (χ1v) is 12.0. The molecule has 1 saturated heterocycles. The van der Waals surface area contributed by atoms with Crippen molar-refractivity contribution in [2.75, 3.05) is 25.0 Å². The largest absolute Gasteiger partial charge is 0.355 e. The summed E-state index contributed by atoms with van der Waals surface area (Å²) in [6.45, 7) is 3.89. The number of rotatable bonds is 5. The molecule has 0 unspecified atom stereocenters. The van der Waals surface area contributed by atoms with Crippen LogP contribution in [0.3, 0.4) is 0 Å². The van der Waals surface area contributed by atoms with Crippen LogP contribution in [0.15, 0.2) is 24.3 Å². The van der Waals surface area contributed by atoms with Gasteiger partial charge in [-0.3, -0.25) is 11.1 Å². The number of hydrogen-bond donors (Lipinski definition) is 4. The highest BCUT2D eigenvalue weighted by Gasteiger charge is 2.49. The molecule has 2 aliphatic heterocycles. The Hall–Kier alpha value is -1.14. The number of nitrogens with two attached hydrogens (primary N) is 2. The summed E-state index contributed by atoms with van der Waals surface area (Å²) in [5.74, 6) is 1.37. The predicted molar refractivity (Wildman–Crippen MR) is 119 cm³/mol. The van der Waals surface area contributed by atoms with E-state index in [1.54, 1.807) is 0 Å². The van der Waals surface area contributed by atoms with Gasteiger partial charge in [-0.05, 0) is 75.9 Å². The Balaban J connectivity index is 1.27. The lowest BCUT2D eigenvalue weighted by atomic mass is 9.76. The minimum Gasteiger partial charge on any atom is -0.355 e. The molecule has 4 aliphatic rings. The van der Waals surface area contributed by atoms with Crippen molar-refractivity contribution in [1.29, 1.82) is 0 Å². The highest BCUT2D eigenvalue weighted by molar-refractivity contribution is 5.58. The van der Waals surface area contributed by atoms with Gasteiger partial charge in [0.2, 0.25) is 0 Å². The number of piperidine rings is 1. The van der Waals surface area contributed by atoms with Crippen LogP contribution >= 0.6 is 0 Å². The van der Waals surface area contributed by atoms with Gasteiger partial charge in [0, 0.05) is 23.7 Å². The number of hydrogen-bond acceptors (Lipinski definition) is 5. The monoisotopic (exact) mass is 397 g/mol. The second-order valence-corrected chi connectivity index (χ2v) is 10.4. The van der Waals surface area contributed by atoms with Gasteiger partial charge < -0.3 is 16.0 Å². The van der Waals surface area contributed by atoms with Crippen LogP contribution in [-0.2, 0) is 5.66 Å². The molecule has 160 valence electrons. The molecule has 1 aromatic carbocycles. The molecule has 5 nitrogen and oxygen atoms in total. The smallest absolute Gasteiger partial charge is 0.145 e. The van der Waals surface area contributed by atoms with Gasteiger partial charge in [-0.1, -0.05) is 37.5 Å². The molecule has 0 aromatic heterocycles. The second-order valence-electron chi connectivity index (χ2n) is 10.4. The van der Waals surface area contributed by atoms with Crippen molar-refractivity contribution in [2.45, 2.75) is 75.7 Å². The van der Waals surface area contributed by atoms with Crippen LogP contribution in [0, 0.1) is 17.8 Å². The van der Waals surface area contributed by atoms with Gasteiger partial charge in [-0.25, -0.2) is 0 Å². The standard InChI is InChI=1S/C24H39N5/c25-23(16-18-8-9-18)21-6-2-3-7-22(21)27-24(26,28-23)20-12-10-19(11-13-20)17-29-14-4-1-5-15-29/h2-3,6-7,18-20,27-28H,1,4-5,8-17,25-26H2/t19?,20?,23-,24+/m0/s1. The zero-order valence-electron chi connectivity index (χ0n) is 17.8. The van der Waals surface area contributed by atoms with Gasteiger partial charge in [0.1, 0.15) is 5.79 Å². The van der Waals surface area contributed by atoms with Crippen molar-refractivity contribution in [3.8, 4) is 0 Å². The van der Waals surface area contributed by atoms with Crippen molar-refractivity contribution < 1.29 is 0 Å². The molecule has 6 N–H and O–H groups in total. The van der Waals surface area contributed by atoms with Crippen LogP contribution in [-0.4, -0.2) is 30.3 Å². The first-order valence-electron chi connectivity index (χ1n) is 12.0. The molecule has 0 amide bonds. The summed E-state index contributed by atoms with van der Waals surface area (Å²) in [6, 6.07) is 8.48. The van der Waals surface area contributed by atoms with Gasteiger partial charge in [-0.15, -0.1) is 0 Å². The van der Waals surface area contributed by atoms with E-state index in [9.17, 15) is 0 Å². The Morgan fingerprint density at radius 1 is 0.897 bits per heavy atom. The average Bonchev–Trinajstić information content (AvgIpc) is 3.53.